The maximum atomic E-state index is 14.9. The fraction of sp³-hybridized carbons (Fsp3) is 0.286. The highest BCUT2D eigenvalue weighted by Gasteiger charge is 2.52. The maximum absolute atomic E-state index is 14.9. The summed E-state index contributed by atoms with van der Waals surface area (Å²) in [5.74, 6) is -2.44. The second kappa shape index (κ2) is 5.01. The molecule has 0 unspecified atom stereocenters. The Kier molecular flexibility index (Phi) is 3.21. The SMILES string of the molecule is Cc1ccc2c(ccn2C2=NC(C)(C)C(F)(F)c3ccccc32)c1C. The van der Waals surface area contributed by atoms with Crippen molar-refractivity contribution in [2.75, 3.05) is 0 Å². The van der Waals surface area contributed by atoms with Crippen LogP contribution in [-0.2, 0) is 5.92 Å². The minimum Gasteiger partial charge on any atom is -0.301 e. The Morgan fingerprint density at radius 1 is 0.960 bits per heavy atom. The number of fused-ring (bicyclic) bond motifs is 2. The van der Waals surface area contributed by atoms with Crippen LogP contribution in [0.15, 0.2) is 53.7 Å². The van der Waals surface area contributed by atoms with Crippen molar-refractivity contribution in [1.82, 2.24) is 4.57 Å². The summed E-state index contributed by atoms with van der Waals surface area (Å²) in [5, 5.41) is 1.12. The summed E-state index contributed by atoms with van der Waals surface area (Å²) in [6.07, 6.45) is 1.92. The van der Waals surface area contributed by atoms with Crippen LogP contribution in [0.1, 0.15) is 36.1 Å². The van der Waals surface area contributed by atoms with Gasteiger partial charge in [-0.2, -0.15) is 8.78 Å². The molecule has 1 aromatic heterocycles. The number of aromatic nitrogens is 1. The lowest BCUT2D eigenvalue weighted by Gasteiger charge is -2.37. The van der Waals surface area contributed by atoms with Crippen molar-refractivity contribution in [3.63, 3.8) is 0 Å². The smallest absolute Gasteiger partial charge is 0.298 e. The summed E-state index contributed by atoms with van der Waals surface area (Å²) < 4.78 is 31.7. The molecule has 128 valence electrons. The molecular formula is C21H20F2N2. The number of aryl methyl sites for hydroxylation is 2. The highest BCUT2D eigenvalue weighted by Crippen LogP contribution is 2.46. The van der Waals surface area contributed by atoms with Crippen molar-refractivity contribution in [3.05, 3.63) is 70.9 Å². The molecule has 0 atom stereocenters. The molecule has 0 aliphatic carbocycles. The highest BCUT2D eigenvalue weighted by atomic mass is 19.3. The highest BCUT2D eigenvalue weighted by molar-refractivity contribution is 6.08. The molecule has 4 heteroatoms. The van der Waals surface area contributed by atoms with Gasteiger partial charge in [0, 0.05) is 22.7 Å². The summed E-state index contributed by atoms with van der Waals surface area (Å²) >= 11 is 0. The van der Waals surface area contributed by atoms with Gasteiger partial charge in [-0.15, -0.1) is 0 Å². The predicted molar refractivity (Wildman–Crippen MR) is 97.8 cm³/mol. The van der Waals surface area contributed by atoms with Crippen molar-refractivity contribution < 1.29 is 8.78 Å². The number of rotatable bonds is 0. The summed E-state index contributed by atoms with van der Waals surface area (Å²) in [6, 6.07) is 12.8. The van der Waals surface area contributed by atoms with Crippen molar-refractivity contribution in [3.8, 4) is 0 Å². The average Bonchev–Trinajstić information content (AvgIpc) is 2.99. The van der Waals surface area contributed by atoms with E-state index in [2.05, 4.69) is 24.9 Å². The molecule has 0 fully saturated rings. The number of benzene rings is 2. The zero-order valence-electron chi connectivity index (χ0n) is 14.8. The Morgan fingerprint density at radius 3 is 2.44 bits per heavy atom. The standard InChI is InChI=1S/C21H20F2N2/c1-13-9-10-18-15(14(13)2)11-12-25(18)19-16-7-5-6-8-17(16)21(22,23)20(3,4)24-19/h5-12H,1-4H3. The molecule has 1 aliphatic heterocycles. The van der Waals surface area contributed by atoms with Gasteiger partial charge < -0.3 is 4.57 Å². The molecule has 0 bridgehead atoms. The second-order valence-electron chi connectivity index (χ2n) is 7.24. The van der Waals surface area contributed by atoms with E-state index in [4.69, 9.17) is 0 Å². The Morgan fingerprint density at radius 2 is 1.68 bits per heavy atom. The van der Waals surface area contributed by atoms with E-state index in [9.17, 15) is 8.78 Å². The maximum Gasteiger partial charge on any atom is 0.298 e. The lowest BCUT2D eigenvalue weighted by Crippen LogP contribution is -2.45. The van der Waals surface area contributed by atoms with Crippen LogP contribution in [0.4, 0.5) is 8.78 Å². The Hall–Kier alpha value is -2.49. The van der Waals surface area contributed by atoms with Gasteiger partial charge >= 0.3 is 0 Å². The lowest BCUT2D eigenvalue weighted by atomic mass is 9.84. The van der Waals surface area contributed by atoms with E-state index in [0.29, 0.717) is 11.4 Å². The van der Waals surface area contributed by atoms with Gasteiger partial charge in [0.25, 0.3) is 5.92 Å². The van der Waals surface area contributed by atoms with Crippen LogP contribution in [-0.4, -0.2) is 15.9 Å². The summed E-state index contributed by atoms with van der Waals surface area (Å²) in [6.45, 7) is 7.13. The summed E-state index contributed by atoms with van der Waals surface area (Å²) in [4.78, 5) is 4.48. The van der Waals surface area contributed by atoms with Gasteiger partial charge in [0.1, 0.15) is 11.4 Å². The molecule has 2 nitrogen and oxygen atoms in total. The molecule has 0 amide bonds. The van der Waals surface area contributed by atoms with Gasteiger partial charge in [0.2, 0.25) is 0 Å². The van der Waals surface area contributed by atoms with Gasteiger partial charge in [-0.25, -0.2) is 0 Å². The van der Waals surface area contributed by atoms with E-state index in [1.807, 2.05) is 22.9 Å². The molecule has 2 heterocycles. The van der Waals surface area contributed by atoms with Crippen molar-refractivity contribution >= 4 is 16.7 Å². The third-order valence-electron chi connectivity index (χ3n) is 5.30. The molecular weight excluding hydrogens is 318 g/mol. The van der Waals surface area contributed by atoms with E-state index >= 15 is 0 Å². The number of halogens is 2. The summed E-state index contributed by atoms with van der Waals surface area (Å²) in [5.41, 5.74) is 2.41. The topological polar surface area (TPSA) is 17.3 Å². The number of aliphatic imine (C=N–C) groups is 1. The third kappa shape index (κ3) is 2.10. The number of hydrogen-bond acceptors (Lipinski definition) is 1. The predicted octanol–water partition coefficient (Wildman–Crippen LogP) is 5.44. The molecule has 2 aromatic carbocycles. The van der Waals surface area contributed by atoms with Crippen LogP contribution in [0.5, 0.6) is 0 Å². The summed E-state index contributed by atoms with van der Waals surface area (Å²) in [7, 11) is 0. The molecule has 4 rings (SSSR count). The zero-order valence-corrected chi connectivity index (χ0v) is 14.8. The normalized spacial score (nSPS) is 18.1. The van der Waals surface area contributed by atoms with Crippen LogP contribution in [0.25, 0.3) is 10.9 Å². The Bertz CT molecular complexity index is 1030. The van der Waals surface area contributed by atoms with E-state index in [-0.39, 0.29) is 5.56 Å². The van der Waals surface area contributed by atoms with Crippen LogP contribution in [0.2, 0.25) is 0 Å². The first-order valence-electron chi connectivity index (χ1n) is 8.39. The molecule has 0 saturated heterocycles. The minimum absolute atomic E-state index is 0.0377. The fourth-order valence-corrected chi connectivity index (χ4v) is 3.52. The van der Waals surface area contributed by atoms with E-state index in [0.717, 1.165) is 10.9 Å². The van der Waals surface area contributed by atoms with Crippen molar-refractivity contribution in [2.24, 2.45) is 4.99 Å². The number of alkyl halides is 2. The fourth-order valence-electron chi connectivity index (χ4n) is 3.52. The first-order valence-corrected chi connectivity index (χ1v) is 8.39. The van der Waals surface area contributed by atoms with Crippen molar-refractivity contribution in [2.45, 2.75) is 39.2 Å². The van der Waals surface area contributed by atoms with Crippen LogP contribution >= 0.6 is 0 Å². The molecule has 0 saturated carbocycles. The third-order valence-corrected chi connectivity index (χ3v) is 5.30. The van der Waals surface area contributed by atoms with Crippen LogP contribution in [0, 0.1) is 13.8 Å². The van der Waals surface area contributed by atoms with Gasteiger partial charge in [-0.1, -0.05) is 30.3 Å². The molecule has 25 heavy (non-hydrogen) atoms. The second-order valence-corrected chi connectivity index (χ2v) is 7.24. The Balaban J connectivity index is 2.03. The van der Waals surface area contributed by atoms with E-state index in [1.54, 1.807) is 18.2 Å². The van der Waals surface area contributed by atoms with E-state index < -0.39 is 11.5 Å². The largest absolute Gasteiger partial charge is 0.301 e. The van der Waals surface area contributed by atoms with Crippen LogP contribution < -0.4 is 0 Å². The number of nitrogens with zero attached hydrogens (tertiary/aromatic N) is 2. The van der Waals surface area contributed by atoms with Gasteiger partial charge in [-0.05, 0) is 51.0 Å². The van der Waals surface area contributed by atoms with Gasteiger partial charge in [0.05, 0.1) is 5.52 Å². The van der Waals surface area contributed by atoms with E-state index in [1.165, 1.54) is 31.0 Å². The molecule has 3 aromatic rings. The zero-order chi connectivity index (χ0) is 18.0. The Labute approximate surface area is 145 Å². The monoisotopic (exact) mass is 338 g/mol. The molecule has 0 N–H and O–H groups in total. The van der Waals surface area contributed by atoms with Crippen LogP contribution in [0.3, 0.4) is 0 Å². The lowest BCUT2D eigenvalue weighted by molar-refractivity contribution is -0.0684. The molecule has 1 aliphatic rings. The molecule has 0 spiro atoms. The molecule has 0 radical (unpaired) electrons. The van der Waals surface area contributed by atoms with Gasteiger partial charge in [0.15, 0.2) is 0 Å². The van der Waals surface area contributed by atoms with Crippen molar-refractivity contribution in [1.29, 1.82) is 0 Å². The average molecular weight is 338 g/mol. The minimum atomic E-state index is -3.01. The number of hydrogen-bond donors (Lipinski definition) is 0. The van der Waals surface area contributed by atoms with Gasteiger partial charge in [-0.3, -0.25) is 4.99 Å². The first-order chi connectivity index (χ1) is 11.7. The first kappa shape index (κ1) is 16.0. The quantitative estimate of drug-likeness (QED) is 0.519.